The minimum Gasteiger partial charge on any atom is -0.496 e. The van der Waals surface area contributed by atoms with Crippen molar-refractivity contribution in [3.63, 3.8) is 0 Å². The highest BCUT2D eigenvalue weighted by atomic mass is 19.1. The second-order valence-electron chi connectivity index (χ2n) is 6.86. The highest BCUT2D eigenvalue weighted by molar-refractivity contribution is 5.97. The maximum atomic E-state index is 13.9. The van der Waals surface area contributed by atoms with E-state index in [4.69, 9.17) is 4.74 Å². The van der Waals surface area contributed by atoms with E-state index in [0.29, 0.717) is 34.9 Å². The number of benzene rings is 2. The fourth-order valence-electron chi connectivity index (χ4n) is 3.49. The van der Waals surface area contributed by atoms with Gasteiger partial charge in [0.2, 0.25) is 0 Å². The summed E-state index contributed by atoms with van der Waals surface area (Å²) in [5.41, 5.74) is 1.43. The highest BCUT2D eigenvalue weighted by Gasteiger charge is 2.26. The zero-order chi connectivity index (χ0) is 20.2. The Labute approximate surface area is 168 Å². The third-order valence-electron chi connectivity index (χ3n) is 5.00. The molecule has 1 amide bonds. The molecule has 0 spiro atoms. The minimum atomic E-state index is -0.324. The fraction of sp³-hybridized carbons (Fsp3) is 0.227. The Hall–Kier alpha value is -3.48. The molecule has 1 saturated heterocycles. The largest absolute Gasteiger partial charge is 0.496 e. The number of anilines is 1. The molecule has 2 aromatic carbocycles. The molecule has 0 radical (unpaired) electrons. The van der Waals surface area contributed by atoms with Gasteiger partial charge in [0.25, 0.3) is 5.91 Å². The molecule has 1 atom stereocenters. The Morgan fingerprint density at radius 1 is 1.10 bits per heavy atom. The van der Waals surface area contributed by atoms with Crippen LogP contribution in [0.3, 0.4) is 0 Å². The van der Waals surface area contributed by atoms with Gasteiger partial charge < -0.3 is 15.0 Å². The molecule has 7 heteroatoms. The van der Waals surface area contributed by atoms with Crippen molar-refractivity contribution in [1.82, 2.24) is 15.5 Å². The highest BCUT2D eigenvalue weighted by Crippen LogP contribution is 2.24. The molecule has 0 aliphatic carbocycles. The molecule has 148 valence electrons. The monoisotopic (exact) mass is 392 g/mol. The Bertz CT molecular complexity index is 1010. The average molecular weight is 392 g/mol. The second-order valence-corrected chi connectivity index (χ2v) is 6.86. The summed E-state index contributed by atoms with van der Waals surface area (Å²) in [5, 5.41) is 11.5. The van der Waals surface area contributed by atoms with Crippen molar-refractivity contribution in [2.24, 2.45) is 0 Å². The number of nitrogens with zero attached hydrogens (tertiary/aromatic N) is 3. The lowest BCUT2D eigenvalue weighted by Crippen LogP contribution is -2.37. The number of nitrogens with one attached hydrogen (secondary N) is 1. The lowest BCUT2D eigenvalue weighted by Gasteiger charge is -2.18. The number of halogens is 1. The van der Waals surface area contributed by atoms with Crippen LogP contribution >= 0.6 is 0 Å². The molecule has 1 aliphatic rings. The molecule has 1 fully saturated rings. The first kappa shape index (κ1) is 18.9. The van der Waals surface area contributed by atoms with E-state index in [1.807, 2.05) is 18.2 Å². The number of hydrogen-bond donors (Lipinski definition) is 1. The molecular weight excluding hydrogens is 371 g/mol. The van der Waals surface area contributed by atoms with E-state index < -0.39 is 0 Å². The number of ether oxygens (including phenoxy) is 1. The molecule has 1 aliphatic heterocycles. The van der Waals surface area contributed by atoms with Gasteiger partial charge in [-0.1, -0.05) is 24.3 Å². The molecule has 0 saturated carbocycles. The maximum absolute atomic E-state index is 13.9. The summed E-state index contributed by atoms with van der Waals surface area (Å²) in [7, 11) is 1.55. The third-order valence-corrected chi connectivity index (χ3v) is 5.00. The van der Waals surface area contributed by atoms with Gasteiger partial charge in [0, 0.05) is 24.7 Å². The van der Waals surface area contributed by atoms with Gasteiger partial charge in [-0.3, -0.25) is 4.79 Å². The summed E-state index contributed by atoms with van der Waals surface area (Å²) in [6.07, 6.45) is 0.803. The summed E-state index contributed by atoms with van der Waals surface area (Å²) in [4.78, 5) is 14.6. The third kappa shape index (κ3) is 4.03. The standard InChI is InChI=1S/C22H21FN4O2/c1-29-20-9-5-3-7-17(20)22(28)24-15-12-13-27(14-15)21-11-10-19(25-26-21)16-6-2-4-8-18(16)23/h2-11,15H,12-14H2,1H3,(H,24,28). The van der Waals surface area contributed by atoms with Crippen LogP contribution in [0.15, 0.2) is 60.7 Å². The van der Waals surface area contributed by atoms with Crippen molar-refractivity contribution >= 4 is 11.7 Å². The number of carbonyl (C=O) groups is 1. The first-order chi connectivity index (χ1) is 14.2. The SMILES string of the molecule is COc1ccccc1C(=O)NC1CCN(c2ccc(-c3ccccc3F)nn2)C1. The molecule has 1 unspecified atom stereocenters. The summed E-state index contributed by atoms with van der Waals surface area (Å²) < 4.78 is 19.2. The van der Waals surface area contributed by atoms with Gasteiger partial charge in [0.15, 0.2) is 5.82 Å². The van der Waals surface area contributed by atoms with Gasteiger partial charge in [-0.2, -0.15) is 0 Å². The molecule has 29 heavy (non-hydrogen) atoms. The van der Waals surface area contributed by atoms with E-state index in [0.717, 1.165) is 13.0 Å². The first-order valence-corrected chi connectivity index (χ1v) is 9.43. The number of carbonyl (C=O) groups excluding carboxylic acids is 1. The van der Waals surface area contributed by atoms with Gasteiger partial charge in [0.1, 0.15) is 11.6 Å². The van der Waals surface area contributed by atoms with Gasteiger partial charge >= 0.3 is 0 Å². The molecular formula is C22H21FN4O2. The van der Waals surface area contributed by atoms with Crippen LogP contribution in [0.25, 0.3) is 11.3 Å². The Balaban J connectivity index is 1.41. The normalized spacial score (nSPS) is 15.9. The predicted molar refractivity (Wildman–Crippen MR) is 109 cm³/mol. The van der Waals surface area contributed by atoms with Crippen LogP contribution in [0.2, 0.25) is 0 Å². The molecule has 1 aromatic heterocycles. The summed E-state index contributed by atoms with van der Waals surface area (Å²) in [5.74, 6) is 0.777. The number of amides is 1. The Morgan fingerprint density at radius 2 is 1.90 bits per heavy atom. The Morgan fingerprint density at radius 3 is 2.66 bits per heavy atom. The van der Waals surface area contributed by atoms with E-state index in [-0.39, 0.29) is 17.8 Å². The molecule has 6 nitrogen and oxygen atoms in total. The predicted octanol–water partition coefficient (Wildman–Crippen LogP) is 3.30. The molecule has 2 heterocycles. The zero-order valence-corrected chi connectivity index (χ0v) is 16.0. The summed E-state index contributed by atoms with van der Waals surface area (Å²) in [6.45, 7) is 1.39. The van der Waals surface area contributed by atoms with Crippen molar-refractivity contribution in [2.75, 3.05) is 25.1 Å². The zero-order valence-electron chi connectivity index (χ0n) is 16.0. The van der Waals surface area contributed by atoms with Crippen molar-refractivity contribution in [1.29, 1.82) is 0 Å². The van der Waals surface area contributed by atoms with Crippen LogP contribution in [-0.4, -0.2) is 42.3 Å². The number of rotatable bonds is 5. The smallest absolute Gasteiger partial charge is 0.255 e. The molecule has 4 rings (SSSR count). The van der Waals surface area contributed by atoms with Gasteiger partial charge in [-0.05, 0) is 42.8 Å². The van der Waals surface area contributed by atoms with Gasteiger partial charge in [0.05, 0.1) is 18.4 Å². The lowest BCUT2D eigenvalue weighted by atomic mass is 10.1. The van der Waals surface area contributed by atoms with Gasteiger partial charge in [-0.15, -0.1) is 10.2 Å². The van der Waals surface area contributed by atoms with E-state index >= 15 is 0 Å². The second kappa shape index (κ2) is 8.26. The minimum absolute atomic E-state index is 0.000423. The van der Waals surface area contributed by atoms with Crippen LogP contribution in [0.4, 0.5) is 10.2 Å². The number of hydrogen-bond acceptors (Lipinski definition) is 5. The maximum Gasteiger partial charge on any atom is 0.255 e. The summed E-state index contributed by atoms with van der Waals surface area (Å²) >= 11 is 0. The average Bonchev–Trinajstić information content (AvgIpc) is 3.22. The number of methoxy groups -OCH3 is 1. The van der Waals surface area contributed by atoms with Crippen LogP contribution in [0.1, 0.15) is 16.8 Å². The van der Waals surface area contributed by atoms with E-state index in [9.17, 15) is 9.18 Å². The van der Waals surface area contributed by atoms with Crippen LogP contribution in [0.5, 0.6) is 5.75 Å². The van der Waals surface area contributed by atoms with E-state index in [1.54, 1.807) is 43.5 Å². The van der Waals surface area contributed by atoms with Crippen molar-refractivity contribution in [3.8, 4) is 17.0 Å². The molecule has 1 N–H and O–H groups in total. The van der Waals surface area contributed by atoms with Crippen molar-refractivity contribution in [3.05, 3.63) is 72.0 Å². The Kier molecular flexibility index (Phi) is 5.37. The quantitative estimate of drug-likeness (QED) is 0.722. The van der Waals surface area contributed by atoms with Crippen molar-refractivity contribution in [2.45, 2.75) is 12.5 Å². The van der Waals surface area contributed by atoms with Crippen molar-refractivity contribution < 1.29 is 13.9 Å². The molecule has 0 bridgehead atoms. The van der Waals surface area contributed by atoms with Crippen LogP contribution < -0.4 is 15.0 Å². The molecule has 3 aromatic rings. The topological polar surface area (TPSA) is 67.3 Å². The van der Waals surface area contributed by atoms with Crippen LogP contribution in [-0.2, 0) is 0 Å². The lowest BCUT2D eigenvalue weighted by molar-refractivity contribution is 0.0937. The van der Waals surface area contributed by atoms with Gasteiger partial charge in [-0.25, -0.2) is 4.39 Å². The fourth-order valence-corrected chi connectivity index (χ4v) is 3.49. The number of aromatic nitrogens is 2. The number of para-hydroxylation sites is 1. The summed E-state index contributed by atoms with van der Waals surface area (Å²) in [6, 6.07) is 17.2. The first-order valence-electron chi connectivity index (χ1n) is 9.43. The van der Waals surface area contributed by atoms with Crippen LogP contribution in [0, 0.1) is 5.82 Å². The van der Waals surface area contributed by atoms with E-state index in [1.165, 1.54) is 6.07 Å². The van der Waals surface area contributed by atoms with E-state index in [2.05, 4.69) is 20.4 Å².